The van der Waals surface area contributed by atoms with E-state index in [1.54, 1.807) is 0 Å². The zero-order valence-corrected chi connectivity index (χ0v) is 28.4. The van der Waals surface area contributed by atoms with Crippen LogP contribution in [-0.2, 0) is 0 Å². The van der Waals surface area contributed by atoms with E-state index in [1.807, 2.05) is 12.3 Å². The molecule has 5 aromatic carbocycles. The molecule has 1 aromatic heterocycles. The number of hydrogen-bond acceptors (Lipinski definition) is 4. The molecule has 0 atom stereocenters. The van der Waals surface area contributed by atoms with Gasteiger partial charge in [0.15, 0.2) is 0 Å². The Bertz CT molecular complexity index is 2050. The van der Waals surface area contributed by atoms with Crippen LogP contribution in [0.1, 0.15) is 16.7 Å². The zero-order valence-electron chi connectivity index (χ0n) is 26.3. The minimum Gasteiger partial charge on any atom is -0.0543 e. The maximum Gasteiger partial charge on any atom is -0.0268 e. The molecule has 0 fully saturated rings. The number of fused-ring (bicyclic) bond motifs is 3. The minimum absolute atomic E-state index is 0.753. The summed E-state index contributed by atoms with van der Waals surface area (Å²) in [7, 11) is 0. The van der Waals surface area contributed by atoms with E-state index in [-0.39, 0.29) is 0 Å². The van der Waals surface area contributed by atoms with Crippen molar-refractivity contribution < 1.29 is 4.74 Å². The van der Waals surface area contributed by atoms with Gasteiger partial charge in [0, 0.05) is 0 Å². The summed E-state index contributed by atoms with van der Waals surface area (Å²) >= 11 is -3.28. The summed E-state index contributed by atoms with van der Waals surface area (Å²) in [4.78, 5) is 9.56. The molecular weight excluding hydrogens is 623 g/mol. The molecule has 224 valence electrons. The van der Waals surface area contributed by atoms with Crippen LogP contribution in [0.15, 0.2) is 146 Å². The van der Waals surface area contributed by atoms with Crippen molar-refractivity contribution >= 4 is 42.2 Å². The SMILES string of the molecule is Cc1cc(C)c(N2C=CN(c3cccc(Oc4cc[c]5c(c4)-c4nccc[c]4[Ge]5([c]4ccccc4)[c]4ccccc4)c3)C2)c(C)c1. The van der Waals surface area contributed by atoms with E-state index in [0.29, 0.717) is 0 Å². The fourth-order valence-electron chi connectivity index (χ4n) is 7.56. The minimum atomic E-state index is -3.28. The third kappa shape index (κ3) is 4.64. The summed E-state index contributed by atoms with van der Waals surface area (Å²) in [5, 5.41) is 0. The van der Waals surface area contributed by atoms with Gasteiger partial charge >= 0.3 is 225 Å². The Morgan fingerprint density at radius 2 is 1.28 bits per heavy atom. The summed E-state index contributed by atoms with van der Waals surface area (Å²) in [6, 6.07) is 46.0. The van der Waals surface area contributed by atoms with Gasteiger partial charge < -0.3 is 0 Å². The van der Waals surface area contributed by atoms with Crippen molar-refractivity contribution in [2.24, 2.45) is 0 Å². The standard InChI is InChI=1S/C41H35GeN3O/c1-29-24-30(2)41(31(3)25-29)45-23-22-44(28-45)34-16-10-17-35(26-34)46-36-19-20-38-37(27-36)40-39(18-11-21-43-40)42(38,32-12-6-4-7-13-32)33-14-8-5-9-15-33/h4-27H,28H2,1-3H3. The molecule has 0 N–H and O–H groups in total. The third-order valence-electron chi connectivity index (χ3n) is 9.31. The van der Waals surface area contributed by atoms with Crippen molar-refractivity contribution in [1.82, 2.24) is 4.98 Å². The molecule has 5 heteroatoms. The van der Waals surface area contributed by atoms with Gasteiger partial charge in [0.05, 0.1) is 0 Å². The number of aryl methyl sites for hydroxylation is 3. The molecule has 3 heterocycles. The first-order valence-corrected chi connectivity index (χ1v) is 20.0. The van der Waals surface area contributed by atoms with Gasteiger partial charge in [0.2, 0.25) is 0 Å². The first-order chi connectivity index (χ1) is 22.5. The van der Waals surface area contributed by atoms with E-state index >= 15 is 0 Å². The first-order valence-electron chi connectivity index (χ1n) is 15.8. The van der Waals surface area contributed by atoms with Crippen LogP contribution < -0.4 is 32.1 Å². The zero-order chi connectivity index (χ0) is 31.3. The number of aromatic nitrogens is 1. The predicted octanol–water partition coefficient (Wildman–Crippen LogP) is 6.91. The van der Waals surface area contributed by atoms with Gasteiger partial charge in [-0.1, -0.05) is 17.7 Å². The molecule has 0 unspecified atom stereocenters. The molecule has 0 aliphatic carbocycles. The Hall–Kier alpha value is -5.07. The van der Waals surface area contributed by atoms with Gasteiger partial charge in [-0.25, -0.2) is 0 Å². The van der Waals surface area contributed by atoms with Crippen molar-refractivity contribution in [3.05, 3.63) is 163 Å². The third-order valence-corrected chi connectivity index (χ3v) is 19.5. The van der Waals surface area contributed by atoms with Crippen LogP contribution in [0.25, 0.3) is 11.3 Å². The molecule has 2 aliphatic heterocycles. The van der Waals surface area contributed by atoms with E-state index in [4.69, 9.17) is 9.72 Å². The van der Waals surface area contributed by atoms with E-state index < -0.39 is 13.3 Å². The van der Waals surface area contributed by atoms with Gasteiger partial charge in [0.25, 0.3) is 0 Å². The van der Waals surface area contributed by atoms with Crippen molar-refractivity contribution in [2.75, 3.05) is 16.5 Å². The molecule has 0 amide bonds. The van der Waals surface area contributed by atoms with Gasteiger partial charge in [-0.15, -0.1) is 0 Å². The number of nitrogens with zero attached hydrogens (tertiary/aromatic N) is 3. The van der Waals surface area contributed by atoms with Crippen LogP contribution in [0.4, 0.5) is 11.4 Å². The van der Waals surface area contributed by atoms with Gasteiger partial charge in [-0.05, 0) is 31.9 Å². The number of anilines is 2. The molecule has 0 bridgehead atoms. The summed E-state index contributed by atoms with van der Waals surface area (Å²) in [6.07, 6.45) is 6.23. The Labute approximate surface area is 273 Å². The second kappa shape index (κ2) is 11.4. The van der Waals surface area contributed by atoms with Crippen LogP contribution in [0.5, 0.6) is 11.5 Å². The first kappa shape index (κ1) is 28.4. The maximum atomic E-state index is 6.59. The number of benzene rings is 5. The number of hydrogen-bond donors (Lipinski definition) is 0. The Balaban J connectivity index is 1.13. The molecular formula is C41H35GeN3O. The average Bonchev–Trinajstić information content (AvgIpc) is 3.67. The monoisotopic (exact) mass is 659 g/mol. The van der Waals surface area contributed by atoms with E-state index in [2.05, 4.69) is 164 Å². The van der Waals surface area contributed by atoms with Gasteiger partial charge in [0.1, 0.15) is 0 Å². The molecule has 2 aliphatic rings. The van der Waals surface area contributed by atoms with Crippen molar-refractivity contribution in [1.29, 1.82) is 0 Å². The van der Waals surface area contributed by atoms with E-state index in [1.165, 1.54) is 45.5 Å². The number of pyridine rings is 1. The molecule has 0 saturated carbocycles. The topological polar surface area (TPSA) is 28.6 Å². The maximum absolute atomic E-state index is 6.59. The second-order valence-corrected chi connectivity index (χ2v) is 20.1. The van der Waals surface area contributed by atoms with Crippen LogP contribution >= 0.6 is 0 Å². The molecule has 46 heavy (non-hydrogen) atoms. The largest absolute Gasteiger partial charge is 0.0543 e. The van der Waals surface area contributed by atoms with Crippen molar-refractivity contribution in [2.45, 2.75) is 20.8 Å². The summed E-state index contributed by atoms with van der Waals surface area (Å²) < 4.78 is 12.2. The molecule has 6 aromatic rings. The Morgan fingerprint density at radius 1 is 0.609 bits per heavy atom. The number of rotatable bonds is 6. The number of ether oxygens (including phenoxy) is 1. The molecule has 0 spiro atoms. The fourth-order valence-corrected chi connectivity index (χ4v) is 18.2. The van der Waals surface area contributed by atoms with Gasteiger partial charge in [-0.2, -0.15) is 0 Å². The molecule has 0 saturated heterocycles. The van der Waals surface area contributed by atoms with E-state index in [9.17, 15) is 0 Å². The van der Waals surface area contributed by atoms with Gasteiger partial charge in [-0.3, -0.25) is 0 Å². The average molecular weight is 658 g/mol. The van der Waals surface area contributed by atoms with Crippen LogP contribution in [0.3, 0.4) is 0 Å². The molecule has 4 nitrogen and oxygen atoms in total. The van der Waals surface area contributed by atoms with E-state index in [0.717, 1.165) is 29.5 Å². The Morgan fingerprint density at radius 3 is 2.00 bits per heavy atom. The van der Waals surface area contributed by atoms with Crippen molar-refractivity contribution in [3.8, 4) is 22.8 Å². The second-order valence-electron chi connectivity index (χ2n) is 12.3. The summed E-state index contributed by atoms with van der Waals surface area (Å²) in [5.74, 6) is 1.63. The normalized spacial score (nSPS) is 14.3. The van der Waals surface area contributed by atoms with Crippen LogP contribution in [0, 0.1) is 20.8 Å². The molecule has 8 rings (SSSR count). The van der Waals surface area contributed by atoms with Crippen LogP contribution in [-0.4, -0.2) is 24.9 Å². The fraction of sp³-hybridized carbons (Fsp3) is 0.0976. The predicted molar refractivity (Wildman–Crippen MR) is 193 cm³/mol. The quantitative estimate of drug-likeness (QED) is 0.182. The molecule has 0 radical (unpaired) electrons. The summed E-state index contributed by atoms with van der Waals surface area (Å²) in [5.41, 5.74) is 8.50. The van der Waals surface area contributed by atoms with Crippen LogP contribution in [0.2, 0.25) is 0 Å². The smallest absolute Gasteiger partial charge is 0.0268 e. The Kier molecular flexibility index (Phi) is 7.03. The summed E-state index contributed by atoms with van der Waals surface area (Å²) in [6.45, 7) is 7.29. The van der Waals surface area contributed by atoms with Crippen molar-refractivity contribution in [3.63, 3.8) is 0 Å².